The van der Waals surface area contributed by atoms with Crippen LogP contribution in [-0.2, 0) is 21.2 Å². The van der Waals surface area contributed by atoms with E-state index >= 15 is 0 Å². The minimum absolute atomic E-state index is 0.0124. The van der Waals surface area contributed by atoms with Crippen molar-refractivity contribution in [2.75, 3.05) is 5.73 Å². The van der Waals surface area contributed by atoms with Crippen LogP contribution in [0.15, 0.2) is 35.2 Å². The van der Waals surface area contributed by atoms with Gasteiger partial charge in [0, 0.05) is 17.5 Å². The first-order valence-corrected chi connectivity index (χ1v) is 11.3. The first kappa shape index (κ1) is 20.6. The molecule has 10 N–H and O–H groups in total. The number of anilines is 1. The highest BCUT2D eigenvalue weighted by atomic mass is 32.2. The van der Waals surface area contributed by atoms with Crippen molar-refractivity contribution >= 4 is 42.6 Å². The van der Waals surface area contributed by atoms with E-state index < -0.39 is 22.1 Å². The van der Waals surface area contributed by atoms with Crippen molar-refractivity contribution < 1.29 is 13.2 Å². The van der Waals surface area contributed by atoms with Gasteiger partial charge in [0.05, 0.1) is 15.1 Å². The van der Waals surface area contributed by atoms with E-state index in [2.05, 4.69) is 26.9 Å². The minimum atomic E-state index is -4.16. The summed E-state index contributed by atoms with van der Waals surface area (Å²) in [5.74, 6) is -0.538. The van der Waals surface area contributed by atoms with Crippen molar-refractivity contribution in [3.05, 3.63) is 41.5 Å². The maximum Gasteiger partial charge on any atom is 0.238 e. The summed E-state index contributed by atoms with van der Waals surface area (Å²) in [6.07, 6.45) is -0.523. The zero-order valence-corrected chi connectivity index (χ0v) is 17.2. The summed E-state index contributed by atoms with van der Waals surface area (Å²) in [5, 5.41) is 6.03. The number of para-hydroxylation sites is 1. The van der Waals surface area contributed by atoms with Crippen LogP contribution in [0.4, 0.5) is 5.13 Å². The summed E-state index contributed by atoms with van der Waals surface area (Å²) in [6, 6.07) is 9.01. The summed E-state index contributed by atoms with van der Waals surface area (Å²) in [4.78, 5) is 15.6. The molecule has 0 spiro atoms. The molecule has 30 heavy (non-hydrogen) atoms. The van der Waals surface area contributed by atoms with Gasteiger partial charge in [0.2, 0.25) is 15.9 Å². The first-order valence-electron chi connectivity index (χ1n) is 8.89. The highest BCUT2D eigenvalue weighted by Gasteiger charge is 2.30. The van der Waals surface area contributed by atoms with E-state index in [4.69, 9.17) is 16.6 Å². The summed E-state index contributed by atoms with van der Waals surface area (Å²) in [6.45, 7) is 0. The first-order chi connectivity index (χ1) is 14.3. The molecular formula is C17H20N8O3S2. The number of carbonyl (C=O) groups excluding carboxylic acids is 1. The molecule has 11 nitrogen and oxygen atoms in total. The number of nitrogens with zero attached hydrogens (tertiary/aromatic N) is 1. The maximum absolute atomic E-state index is 12.7. The molecule has 3 aromatic rings. The van der Waals surface area contributed by atoms with E-state index in [1.807, 2.05) is 18.2 Å². The molecule has 0 unspecified atom stereocenters. The average molecular weight is 449 g/mol. The number of primary amides is 1. The molecule has 2 heterocycles. The number of primary sulfonamides is 1. The number of rotatable bonds is 6. The van der Waals surface area contributed by atoms with E-state index in [0.29, 0.717) is 32.9 Å². The van der Waals surface area contributed by atoms with E-state index in [1.54, 1.807) is 12.1 Å². The molecular weight excluding hydrogens is 428 g/mol. The summed E-state index contributed by atoms with van der Waals surface area (Å²) in [5.41, 5.74) is 25.1. The zero-order chi connectivity index (χ0) is 21.5. The number of aromatic nitrogens is 1. The fourth-order valence-corrected chi connectivity index (χ4v) is 5.37. The molecule has 0 saturated carbocycles. The van der Waals surface area contributed by atoms with E-state index in [1.165, 1.54) is 11.3 Å². The Morgan fingerprint density at radius 2 is 1.87 bits per heavy atom. The lowest BCUT2D eigenvalue weighted by atomic mass is 9.93. The number of hydrogen-bond donors (Lipinski definition) is 7. The normalized spacial score (nSPS) is 15.1. The maximum atomic E-state index is 12.7. The Morgan fingerprint density at radius 1 is 1.13 bits per heavy atom. The molecule has 1 aromatic heterocycles. The molecule has 158 valence electrons. The van der Waals surface area contributed by atoms with Crippen molar-refractivity contribution in [1.82, 2.24) is 26.9 Å². The third-order valence-corrected chi connectivity index (χ3v) is 6.61. The van der Waals surface area contributed by atoms with Crippen LogP contribution in [0.5, 0.6) is 0 Å². The number of nitrogens with two attached hydrogens (primary N) is 3. The van der Waals surface area contributed by atoms with Crippen LogP contribution in [0.2, 0.25) is 0 Å². The standard InChI is InChI=1S/C17H20N8O3S2/c18-12(26)7-5-8-4-6-9(10-2-1-3-11-14(10)21-17(19)29-11)13(15(8)30(20,27)28)16-22-24-25-23-16/h1-4,6,16,22-25H,5,7H2,(H2,18,26)(H2,19,21)(H2,20,27,28). The Morgan fingerprint density at radius 3 is 2.53 bits per heavy atom. The second-order valence-electron chi connectivity index (χ2n) is 6.70. The number of sulfonamides is 1. The van der Waals surface area contributed by atoms with Gasteiger partial charge in [-0.05, 0) is 23.6 Å². The predicted molar refractivity (Wildman–Crippen MR) is 114 cm³/mol. The Hall–Kier alpha value is -2.65. The van der Waals surface area contributed by atoms with Gasteiger partial charge in [0.15, 0.2) is 5.13 Å². The monoisotopic (exact) mass is 448 g/mol. The molecule has 2 aromatic carbocycles. The van der Waals surface area contributed by atoms with Crippen molar-refractivity contribution in [3.8, 4) is 11.1 Å². The number of benzene rings is 2. The molecule has 1 aliphatic heterocycles. The molecule has 13 heteroatoms. The van der Waals surface area contributed by atoms with E-state index in [-0.39, 0.29) is 17.7 Å². The highest BCUT2D eigenvalue weighted by molar-refractivity contribution is 7.89. The predicted octanol–water partition coefficient (Wildman–Crippen LogP) is -0.274. The van der Waals surface area contributed by atoms with Crippen LogP contribution in [0.1, 0.15) is 23.7 Å². The largest absolute Gasteiger partial charge is 0.375 e. The van der Waals surface area contributed by atoms with Gasteiger partial charge in [0.1, 0.15) is 6.17 Å². The molecule has 0 radical (unpaired) electrons. The average Bonchev–Trinajstić information content (AvgIpc) is 3.33. The Kier molecular flexibility index (Phi) is 5.42. The molecule has 1 aliphatic rings. The van der Waals surface area contributed by atoms with Gasteiger partial charge in [-0.1, -0.05) is 35.6 Å². The molecule has 4 rings (SSSR count). The number of hydrogen-bond acceptors (Lipinski definition) is 10. The molecule has 0 aliphatic carbocycles. The lowest BCUT2D eigenvalue weighted by Gasteiger charge is -2.21. The number of amides is 1. The van der Waals surface area contributed by atoms with Gasteiger partial charge in [-0.2, -0.15) is 11.1 Å². The minimum Gasteiger partial charge on any atom is -0.375 e. The second kappa shape index (κ2) is 7.88. The number of hydrazine groups is 3. The quantitative estimate of drug-likeness (QED) is 0.266. The number of nitrogens with one attached hydrogen (secondary N) is 4. The number of carbonyl (C=O) groups is 1. The number of thiazole rings is 1. The second-order valence-corrected chi connectivity index (χ2v) is 9.26. The molecule has 1 amide bonds. The lowest BCUT2D eigenvalue weighted by molar-refractivity contribution is -0.118. The number of fused-ring (bicyclic) bond motifs is 1. The molecule has 1 saturated heterocycles. The lowest BCUT2D eigenvalue weighted by Crippen LogP contribution is -2.33. The molecule has 0 bridgehead atoms. The number of aryl methyl sites for hydroxylation is 1. The summed E-state index contributed by atoms with van der Waals surface area (Å²) >= 11 is 1.34. The summed E-state index contributed by atoms with van der Waals surface area (Å²) in [7, 11) is -4.16. The van der Waals surface area contributed by atoms with Crippen LogP contribution < -0.4 is 38.5 Å². The van der Waals surface area contributed by atoms with Gasteiger partial charge < -0.3 is 11.5 Å². The Balaban J connectivity index is 2.02. The van der Waals surface area contributed by atoms with Crippen molar-refractivity contribution in [2.24, 2.45) is 10.9 Å². The van der Waals surface area contributed by atoms with Crippen molar-refractivity contribution in [2.45, 2.75) is 23.9 Å². The SMILES string of the molecule is NC(=O)CCc1ccc(-c2cccc3sc(N)nc23)c(C2NNNN2)c1S(N)(=O)=O. The van der Waals surface area contributed by atoms with Gasteiger partial charge >= 0.3 is 0 Å². The third-order valence-electron chi connectivity index (χ3n) is 4.71. The van der Waals surface area contributed by atoms with E-state index in [9.17, 15) is 13.2 Å². The van der Waals surface area contributed by atoms with Crippen LogP contribution in [0.3, 0.4) is 0 Å². The van der Waals surface area contributed by atoms with Crippen LogP contribution in [0, 0.1) is 0 Å². The van der Waals surface area contributed by atoms with Crippen LogP contribution >= 0.6 is 11.3 Å². The van der Waals surface area contributed by atoms with Gasteiger partial charge in [0.25, 0.3) is 0 Å². The zero-order valence-electron chi connectivity index (χ0n) is 15.6. The fraction of sp³-hybridized carbons (Fsp3) is 0.176. The van der Waals surface area contributed by atoms with Crippen LogP contribution in [0.25, 0.3) is 21.3 Å². The third kappa shape index (κ3) is 3.87. The smallest absolute Gasteiger partial charge is 0.238 e. The van der Waals surface area contributed by atoms with Gasteiger partial charge in [-0.25, -0.2) is 29.4 Å². The van der Waals surface area contributed by atoms with Crippen molar-refractivity contribution in [1.29, 1.82) is 0 Å². The molecule has 0 atom stereocenters. The summed E-state index contributed by atoms with van der Waals surface area (Å²) < 4.78 is 26.2. The topological polar surface area (TPSA) is 190 Å². The fourth-order valence-electron chi connectivity index (χ4n) is 3.54. The number of nitrogen functional groups attached to an aromatic ring is 1. The Bertz CT molecular complexity index is 1240. The highest BCUT2D eigenvalue weighted by Crippen LogP contribution is 2.39. The van der Waals surface area contributed by atoms with Gasteiger partial charge in [-0.3, -0.25) is 4.79 Å². The van der Waals surface area contributed by atoms with E-state index in [0.717, 1.165) is 4.70 Å². The van der Waals surface area contributed by atoms with Crippen LogP contribution in [-0.4, -0.2) is 19.3 Å². The van der Waals surface area contributed by atoms with Crippen molar-refractivity contribution in [3.63, 3.8) is 0 Å². The Labute approximate surface area is 176 Å². The molecule has 1 fully saturated rings. The van der Waals surface area contributed by atoms with Gasteiger partial charge in [-0.15, -0.1) is 0 Å².